The summed E-state index contributed by atoms with van der Waals surface area (Å²) in [6.45, 7) is 0.424. The number of nitrogens with two attached hydrogens (primary N) is 1. The maximum atomic E-state index is 11.8. The summed E-state index contributed by atoms with van der Waals surface area (Å²) < 4.78 is 5.13. The second-order valence-electron chi connectivity index (χ2n) is 4.22. The zero-order valence-electron chi connectivity index (χ0n) is 9.21. The normalized spacial score (nSPS) is 14.7. The molecule has 1 saturated carbocycles. The van der Waals surface area contributed by atoms with E-state index >= 15 is 0 Å². The number of carbonyl (C=O) groups excluding carboxylic acids is 1. The second-order valence-corrected chi connectivity index (χ2v) is 5.06. The summed E-state index contributed by atoms with van der Waals surface area (Å²) in [7, 11) is 0. The Morgan fingerprint density at radius 1 is 1.41 bits per heavy atom. The molecule has 0 unspecified atom stereocenters. The van der Waals surface area contributed by atoms with Crippen molar-refractivity contribution < 1.29 is 9.53 Å². The van der Waals surface area contributed by atoms with Gasteiger partial charge >= 0.3 is 5.97 Å². The topological polar surface area (TPSA) is 52.3 Å². The van der Waals surface area contributed by atoms with E-state index in [1.807, 2.05) is 0 Å². The molecule has 17 heavy (non-hydrogen) atoms. The summed E-state index contributed by atoms with van der Waals surface area (Å²) in [5, 5.41) is 0.644. The van der Waals surface area contributed by atoms with Gasteiger partial charge in [-0.25, -0.2) is 4.79 Å². The Morgan fingerprint density at radius 3 is 2.76 bits per heavy atom. The molecule has 2 N–H and O–H groups in total. The Hall–Kier alpha value is -0.930. The third-order valence-corrected chi connectivity index (χ3v) is 3.30. The Bertz CT molecular complexity index is 444. The minimum atomic E-state index is -0.465. The van der Waals surface area contributed by atoms with Gasteiger partial charge in [0.05, 0.1) is 22.9 Å². The van der Waals surface area contributed by atoms with Crippen LogP contribution in [-0.4, -0.2) is 12.6 Å². The molecule has 5 heteroatoms. The number of halogens is 2. The Kier molecular flexibility index (Phi) is 3.79. The lowest BCUT2D eigenvalue weighted by Gasteiger charge is -2.08. The second kappa shape index (κ2) is 5.15. The van der Waals surface area contributed by atoms with Gasteiger partial charge in [0.25, 0.3) is 0 Å². The highest BCUT2D eigenvalue weighted by Gasteiger charge is 2.22. The van der Waals surface area contributed by atoms with E-state index in [-0.39, 0.29) is 16.3 Å². The minimum absolute atomic E-state index is 0.215. The summed E-state index contributed by atoms with van der Waals surface area (Å²) >= 11 is 11.7. The van der Waals surface area contributed by atoms with Crippen molar-refractivity contribution in [1.82, 2.24) is 0 Å². The van der Waals surface area contributed by atoms with Crippen LogP contribution < -0.4 is 5.73 Å². The van der Waals surface area contributed by atoms with Crippen molar-refractivity contribution in [2.24, 2.45) is 5.92 Å². The summed E-state index contributed by atoms with van der Waals surface area (Å²) in [4.78, 5) is 11.8. The van der Waals surface area contributed by atoms with Crippen molar-refractivity contribution in [3.63, 3.8) is 0 Å². The minimum Gasteiger partial charge on any atom is -0.462 e. The Morgan fingerprint density at radius 2 is 2.12 bits per heavy atom. The van der Waals surface area contributed by atoms with Gasteiger partial charge in [-0.3, -0.25) is 0 Å². The highest BCUT2D eigenvalue weighted by atomic mass is 35.5. The lowest BCUT2D eigenvalue weighted by molar-refractivity contribution is 0.0496. The molecule has 1 aliphatic rings. The van der Waals surface area contributed by atoms with Crippen molar-refractivity contribution in [2.75, 3.05) is 12.3 Å². The van der Waals surface area contributed by atoms with Crippen molar-refractivity contribution in [3.05, 3.63) is 27.7 Å². The van der Waals surface area contributed by atoms with Crippen LogP contribution in [0.15, 0.2) is 12.1 Å². The van der Waals surface area contributed by atoms with Gasteiger partial charge < -0.3 is 10.5 Å². The predicted octanol–water partition coefficient (Wildman–Crippen LogP) is 3.53. The zero-order chi connectivity index (χ0) is 12.4. The van der Waals surface area contributed by atoms with Crippen LogP contribution in [0.4, 0.5) is 5.69 Å². The van der Waals surface area contributed by atoms with Gasteiger partial charge in [-0.1, -0.05) is 36.0 Å². The van der Waals surface area contributed by atoms with Crippen LogP contribution in [0.3, 0.4) is 0 Å². The fraction of sp³-hybridized carbons (Fsp3) is 0.417. The SMILES string of the molecule is Nc1c(Cl)cc(Cl)cc1C(=O)OCCC1CC1. The third kappa shape index (κ3) is 3.27. The molecule has 2 rings (SSSR count). The van der Waals surface area contributed by atoms with E-state index in [0.29, 0.717) is 11.6 Å². The molecule has 0 heterocycles. The average molecular weight is 274 g/mol. The quantitative estimate of drug-likeness (QED) is 0.675. The van der Waals surface area contributed by atoms with E-state index in [1.165, 1.54) is 25.0 Å². The fourth-order valence-electron chi connectivity index (χ4n) is 1.56. The molecule has 3 nitrogen and oxygen atoms in total. The van der Waals surface area contributed by atoms with Crippen molar-refractivity contribution in [3.8, 4) is 0 Å². The van der Waals surface area contributed by atoms with Gasteiger partial charge in [0.2, 0.25) is 0 Å². The molecule has 0 bridgehead atoms. The number of carbonyl (C=O) groups is 1. The van der Waals surface area contributed by atoms with Crippen LogP contribution in [0.5, 0.6) is 0 Å². The first-order chi connectivity index (χ1) is 8.08. The molecule has 0 saturated heterocycles. The summed E-state index contributed by atoms with van der Waals surface area (Å²) in [5.74, 6) is 0.260. The molecule has 0 aliphatic heterocycles. The highest BCUT2D eigenvalue weighted by molar-refractivity contribution is 6.37. The molecular formula is C12H13Cl2NO2. The first-order valence-electron chi connectivity index (χ1n) is 5.49. The average Bonchev–Trinajstić information content (AvgIpc) is 3.07. The molecule has 0 aromatic heterocycles. The number of benzene rings is 1. The maximum Gasteiger partial charge on any atom is 0.340 e. The number of hydrogen-bond donors (Lipinski definition) is 1. The largest absolute Gasteiger partial charge is 0.462 e. The standard InChI is InChI=1S/C12H13Cl2NO2/c13-8-5-9(11(15)10(14)6-8)12(16)17-4-3-7-1-2-7/h5-7H,1-4,15H2. The zero-order valence-corrected chi connectivity index (χ0v) is 10.7. The molecular weight excluding hydrogens is 261 g/mol. The van der Waals surface area contributed by atoms with E-state index in [0.717, 1.165) is 12.3 Å². The van der Waals surface area contributed by atoms with Gasteiger partial charge in [0, 0.05) is 5.02 Å². The highest BCUT2D eigenvalue weighted by Crippen LogP contribution is 2.32. The van der Waals surface area contributed by atoms with Crippen LogP contribution in [-0.2, 0) is 4.74 Å². The first-order valence-corrected chi connectivity index (χ1v) is 6.25. The number of nitrogen functional groups attached to an aromatic ring is 1. The monoisotopic (exact) mass is 273 g/mol. The summed E-state index contributed by atoms with van der Waals surface area (Å²) in [6.07, 6.45) is 3.39. The van der Waals surface area contributed by atoms with E-state index in [9.17, 15) is 4.79 Å². The van der Waals surface area contributed by atoms with E-state index < -0.39 is 5.97 Å². The molecule has 0 spiro atoms. The van der Waals surface area contributed by atoms with E-state index in [4.69, 9.17) is 33.7 Å². The molecule has 0 amide bonds. The molecule has 0 atom stereocenters. The van der Waals surface area contributed by atoms with Gasteiger partial charge in [0.15, 0.2) is 0 Å². The maximum absolute atomic E-state index is 11.8. The lowest BCUT2D eigenvalue weighted by atomic mass is 10.2. The first kappa shape index (κ1) is 12.5. The molecule has 1 fully saturated rings. The van der Waals surface area contributed by atoms with Crippen LogP contribution in [0.1, 0.15) is 29.6 Å². The van der Waals surface area contributed by atoms with Crippen molar-refractivity contribution in [2.45, 2.75) is 19.3 Å². The van der Waals surface area contributed by atoms with Crippen molar-refractivity contribution >= 4 is 34.9 Å². The summed E-state index contributed by atoms with van der Waals surface area (Å²) in [5.41, 5.74) is 6.15. The fourth-order valence-corrected chi connectivity index (χ4v) is 2.05. The Labute approximate surface area is 110 Å². The molecule has 1 aliphatic carbocycles. The van der Waals surface area contributed by atoms with E-state index in [2.05, 4.69) is 0 Å². The molecule has 92 valence electrons. The van der Waals surface area contributed by atoms with Crippen LogP contribution >= 0.6 is 23.2 Å². The van der Waals surface area contributed by atoms with Crippen LogP contribution in [0.25, 0.3) is 0 Å². The predicted molar refractivity (Wildman–Crippen MR) is 68.5 cm³/mol. The number of rotatable bonds is 4. The smallest absolute Gasteiger partial charge is 0.340 e. The number of esters is 1. The molecule has 0 radical (unpaired) electrons. The number of ether oxygens (including phenoxy) is 1. The number of hydrogen-bond acceptors (Lipinski definition) is 3. The molecule has 1 aromatic rings. The number of anilines is 1. The Balaban J connectivity index is 2.01. The summed E-state index contributed by atoms with van der Waals surface area (Å²) in [6, 6.07) is 2.97. The van der Waals surface area contributed by atoms with Gasteiger partial charge in [0.1, 0.15) is 0 Å². The van der Waals surface area contributed by atoms with Gasteiger partial charge in [-0.2, -0.15) is 0 Å². The van der Waals surface area contributed by atoms with Gasteiger partial charge in [-0.15, -0.1) is 0 Å². The van der Waals surface area contributed by atoms with Crippen molar-refractivity contribution in [1.29, 1.82) is 0 Å². The van der Waals surface area contributed by atoms with Crippen LogP contribution in [0.2, 0.25) is 10.0 Å². The molecule has 1 aromatic carbocycles. The van der Waals surface area contributed by atoms with Gasteiger partial charge in [-0.05, 0) is 24.5 Å². The van der Waals surface area contributed by atoms with Crippen LogP contribution in [0, 0.1) is 5.92 Å². The lowest BCUT2D eigenvalue weighted by Crippen LogP contribution is -2.10. The third-order valence-electron chi connectivity index (χ3n) is 2.77. The van der Waals surface area contributed by atoms with E-state index in [1.54, 1.807) is 0 Å².